The van der Waals surface area contributed by atoms with E-state index in [9.17, 15) is 0 Å². The first-order chi connectivity index (χ1) is 10.2. The number of anilines is 1. The van der Waals surface area contributed by atoms with Gasteiger partial charge in [-0.25, -0.2) is 0 Å². The molecule has 1 atom stereocenters. The van der Waals surface area contributed by atoms with Crippen molar-refractivity contribution in [1.82, 2.24) is 4.90 Å². The fourth-order valence-electron chi connectivity index (χ4n) is 2.97. The van der Waals surface area contributed by atoms with Crippen LogP contribution in [0.2, 0.25) is 0 Å². The van der Waals surface area contributed by atoms with Gasteiger partial charge in [-0.05, 0) is 50.9 Å². The minimum atomic E-state index is 0.540. The van der Waals surface area contributed by atoms with E-state index in [0.717, 1.165) is 23.7 Å². The number of rotatable bonds is 5. The quantitative estimate of drug-likeness (QED) is 0.903. The molecule has 0 radical (unpaired) electrons. The first kappa shape index (κ1) is 16.0. The molecule has 0 amide bonds. The van der Waals surface area contributed by atoms with Gasteiger partial charge in [0, 0.05) is 24.3 Å². The third-order valence-corrected chi connectivity index (χ3v) is 4.36. The number of hydrogen-bond acceptors (Lipinski definition) is 4. The second kappa shape index (κ2) is 7.55. The maximum atomic E-state index is 5.41. The number of nitrogens with one attached hydrogen (secondary N) is 1. The van der Waals surface area contributed by atoms with Gasteiger partial charge in [-0.2, -0.15) is 0 Å². The van der Waals surface area contributed by atoms with Gasteiger partial charge >= 0.3 is 0 Å². The van der Waals surface area contributed by atoms with E-state index in [1.54, 1.807) is 14.2 Å². The Labute approximate surface area is 128 Å². The Hall–Kier alpha value is -1.42. The largest absolute Gasteiger partial charge is 0.493 e. The Morgan fingerprint density at radius 1 is 1.14 bits per heavy atom. The highest BCUT2D eigenvalue weighted by Gasteiger charge is 2.17. The van der Waals surface area contributed by atoms with E-state index in [1.165, 1.54) is 37.9 Å². The number of benzene rings is 1. The summed E-state index contributed by atoms with van der Waals surface area (Å²) in [6.07, 6.45) is 3.68. The molecule has 1 unspecified atom stereocenters. The van der Waals surface area contributed by atoms with Crippen molar-refractivity contribution in [2.24, 2.45) is 0 Å². The van der Waals surface area contributed by atoms with Crippen LogP contribution in [0.15, 0.2) is 12.1 Å². The van der Waals surface area contributed by atoms with Crippen LogP contribution < -0.4 is 14.8 Å². The zero-order valence-corrected chi connectivity index (χ0v) is 13.7. The standard InChI is InChI=1S/C17H28N2O2/c1-5-19-9-6-7-14(8-10-19)18-15-12-17(21-4)16(20-3)11-13(15)2/h11-12,14,18H,5-10H2,1-4H3. The summed E-state index contributed by atoms with van der Waals surface area (Å²) >= 11 is 0. The van der Waals surface area contributed by atoms with Gasteiger partial charge < -0.3 is 19.7 Å². The number of hydrogen-bond donors (Lipinski definition) is 1. The predicted octanol–water partition coefficient (Wildman–Crippen LogP) is 3.30. The SMILES string of the molecule is CCN1CCCC(Nc2cc(OC)c(OC)cc2C)CC1. The lowest BCUT2D eigenvalue weighted by molar-refractivity contribution is 0.300. The van der Waals surface area contributed by atoms with Crippen LogP contribution in [0.1, 0.15) is 31.7 Å². The molecule has 1 aromatic carbocycles. The third-order valence-electron chi connectivity index (χ3n) is 4.36. The molecule has 1 aliphatic rings. The maximum Gasteiger partial charge on any atom is 0.162 e. The highest BCUT2D eigenvalue weighted by molar-refractivity contribution is 5.60. The van der Waals surface area contributed by atoms with Crippen molar-refractivity contribution in [2.45, 2.75) is 39.2 Å². The van der Waals surface area contributed by atoms with Crippen LogP contribution in [0.4, 0.5) is 5.69 Å². The van der Waals surface area contributed by atoms with E-state index in [0.29, 0.717) is 6.04 Å². The fourth-order valence-corrected chi connectivity index (χ4v) is 2.97. The lowest BCUT2D eigenvalue weighted by atomic mass is 10.1. The molecule has 21 heavy (non-hydrogen) atoms. The molecule has 1 fully saturated rings. The van der Waals surface area contributed by atoms with Crippen molar-refractivity contribution in [1.29, 1.82) is 0 Å². The van der Waals surface area contributed by atoms with Gasteiger partial charge in [0.2, 0.25) is 0 Å². The molecule has 0 aromatic heterocycles. The minimum Gasteiger partial charge on any atom is -0.493 e. The second-order valence-corrected chi connectivity index (χ2v) is 5.73. The average molecular weight is 292 g/mol. The molecule has 118 valence electrons. The van der Waals surface area contributed by atoms with Gasteiger partial charge in [-0.3, -0.25) is 0 Å². The fraction of sp³-hybridized carbons (Fsp3) is 0.647. The van der Waals surface area contributed by atoms with Crippen molar-refractivity contribution in [3.8, 4) is 11.5 Å². The van der Waals surface area contributed by atoms with Gasteiger partial charge in [0.1, 0.15) is 0 Å². The van der Waals surface area contributed by atoms with Crippen molar-refractivity contribution in [3.05, 3.63) is 17.7 Å². The molecule has 1 N–H and O–H groups in total. The molecule has 0 spiro atoms. The van der Waals surface area contributed by atoms with Crippen molar-refractivity contribution < 1.29 is 9.47 Å². The van der Waals surface area contributed by atoms with Crippen LogP contribution in [0.3, 0.4) is 0 Å². The molecule has 4 heteroatoms. The summed E-state index contributed by atoms with van der Waals surface area (Å²) in [5.74, 6) is 1.58. The van der Waals surface area contributed by atoms with E-state index in [4.69, 9.17) is 9.47 Å². The molecule has 0 saturated carbocycles. The zero-order chi connectivity index (χ0) is 15.2. The van der Waals surface area contributed by atoms with Crippen molar-refractivity contribution in [2.75, 3.05) is 39.2 Å². The number of likely N-dealkylation sites (tertiary alicyclic amines) is 1. The topological polar surface area (TPSA) is 33.7 Å². The highest BCUT2D eigenvalue weighted by atomic mass is 16.5. The van der Waals surface area contributed by atoms with Crippen LogP contribution in [-0.4, -0.2) is 44.8 Å². The molecule has 2 rings (SSSR count). The highest BCUT2D eigenvalue weighted by Crippen LogP contribution is 2.33. The van der Waals surface area contributed by atoms with E-state index < -0.39 is 0 Å². The second-order valence-electron chi connectivity index (χ2n) is 5.73. The van der Waals surface area contributed by atoms with Crippen LogP contribution >= 0.6 is 0 Å². The molecule has 4 nitrogen and oxygen atoms in total. The first-order valence-corrected chi connectivity index (χ1v) is 7.89. The summed E-state index contributed by atoms with van der Waals surface area (Å²) in [7, 11) is 3.36. The monoisotopic (exact) mass is 292 g/mol. The summed E-state index contributed by atoms with van der Waals surface area (Å²) in [5, 5.41) is 3.70. The average Bonchev–Trinajstić information content (AvgIpc) is 2.74. The molecule has 1 aromatic rings. The van der Waals surface area contributed by atoms with Crippen LogP contribution in [-0.2, 0) is 0 Å². The van der Waals surface area contributed by atoms with Crippen LogP contribution in [0.25, 0.3) is 0 Å². The van der Waals surface area contributed by atoms with E-state index >= 15 is 0 Å². The van der Waals surface area contributed by atoms with Gasteiger partial charge in [0.05, 0.1) is 14.2 Å². The summed E-state index contributed by atoms with van der Waals surface area (Å²) < 4.78 is 10.8. The zero-order valence-electron chi connectivity index (χ0n) is 13.7. The first-order valence-electron chi connectivity index (χ1n) is 7.89. The Kier molecular flexibility index (Phi) is 5.74. The molecule has 1 heterocycles. The van der Waals surface area contributed by atoms with Crippen LogP contribution in [0, 0.1) is 6.92 Å². The minimum absolute atomic E-state index is 0.540. The molecule has 1 saturated heterocycles. The number of ether oxygens (including phenoxy) is 2. The smallest absolute Gasteiger partial charge is 0.162 e. The molecule has 0 bridgehead atoms. The molecular weight excluding hydrogens is 264 g/mol. The summed E-state index contributed by atoms with van der Waals surface area (Å²) in [6.45, 7) is 7.91. The Morgan fingerprint density at radius 3 is 2.52 bits per heavy atom. The summed E-state index contributed by atoms with van der Waals surface area (Å²) in [4.78, 5) is 2.53. The van der Waals surface area contributed by atoms with Gasteiger partial charge in [0.15, 0.2) is 11.5 Å². The Bertz CT molecular complexity index is 462. The number of methoxy groups -OCH3 is 2. The molecular formula is C17H28N2O2. The Balaban J connectivity index is 2.08. The maximum absolute atomic E-state index is 5.41. The molecule has 1 aliphatic heterocycles. The lowest BCUT2D eigenvalue weighted by Crippen LogP contribution is -2.26. The third kappa shape index (κ3) is 4.03. The Morgan fingerprint density at radius 2 is 1.86 bits per heavy atom. The van der Waals surface area contributed by atoms with E-state index in [1.807, 2.05) is 6.07 Å². The number of nitrogens with zero attached hydrogens (tertiary/aromatic N) is 1. The van der Waals surface area contributed by atoms with E-state index in [2.05, 4.69) is 30.1 Å². The van der Waals surface area contributed by atoms with Crippen molar-refractivity contribution >= 4 is 5.69 Å². The van der Waals surface area contributed by atoms with Crippen molar-refractivity contribution in [3.63, 3.8) is 0 Å². The number of aryl methyl sites for hydroxylation is 1. The molecule has 0 aliphatic carbocycles. The lowest BCUT2D eigenvalue weighted by Gasteiger charge is -2.21. The summed E-state index contributed by atoms with van der Waals surface area (Å²) in [5.41, 5.74) is 2.35. The summed E-state index contributed by atoms with van der Waals surface area (Å²) in [6, 6.07) is 4.63. The van der Waals surface area contributed by atoms with E-state index in [-0.39, 0.29) is 0 Å². The van der Waals surface area contributed by atoms with Gasteiger partial charge in [0.25, 0.3) is 0 Å². The predicted molar refractivity (Wildman–Crippen MR) is 87.7 cm³/mol. The van der Waals surface area contributed by atoms with Gasteiger partial charge in [-0.15, -0.1) is 0 Å². The normalized spacial score (nSPS) is 19.9. The van der Waals surface area contributed by atoms with Crippen LogP contribution in [0.5, 0.6) is 11.5 Å². The van der Waals surface area contributed by atoms with Gasteiger partial charge in [-0.1, -0.05) is 6.92 Å².